The molecule has 2 rings (SSSR count). The molecule has 2 heteroatoms. The van der Waals surface area contributed by atoms with Crippen molar-refractivity contribution in [3.05, 3.63) is 42.7 Å². The van der Waals surface area contributed by atoms with E-state index in [0.717, 1.165) is 0 Å². The molecule has 1 unspecified atom stereocenters. The molecule has 2 nitrogen and oxygen atoms in total. The van der Waals surface area contributed by atoms with E-state index in [9.17, 15) is 0 Å². The summed E-state index contributed by atoms with van der Waals surface area (Å²) >= 11 is 0. The van der Waals surface area contributed by atoms with Gasteiger partial charge < -0.3 is 9.80 Å². The van der Waals surface area contributed by atoms with Crippen molar-refractivity contribution in [2.75, 3.05) is 11.4 Å². The van der Waals surface area contributed by atoms with Crippen LogP contribution in [0.3, 0.4) is 0 Å². The number of unbranched alkanes of at least 4 members (excludes halogenated alkanes) is 2. The summed E-state index contributed by atoms with van der Waals surface area (Å²) in [6, 6.07) is 10.7. The van der Waals surface area contributed by atoms with E-state index in [1.165, 1.54) is 44.3 Å². The molecule has 104 valence electrons. The first kappa shape index (κ1) is 14.0. The van der Waals surface area contributed by atoms with Crippen molar-refractivity contribution in [3.63, 3.8) is 0 Å². The lowest BCUT2D eigenvalue weighted by molar-refractivity contribution is 0.277. The van der Waals surface area contributed by atoms with Crippen LogP contribution < -0.4 is 4.90 Å². The minimum absolute atomic E-state index is 0.508. The lowest BCUT2D eigenvalue weighted by Gasteiger charge is -2.33. The molecular weight excluding hydrogens is 232 g/mol. The van der Waals surface area contributed by atoms with Crippen molar-refractivity contribution < 1.29 is 0 Å². The van der Waals surface area contributed by atoms with Gasteiger partial charge >= 0.3 is 0 Å². The van der Waals surface area contributed by atoms with Gasteiger partial charge in [0.05, 0.1) is 0 Å². The Hall–Kier alpha value is -1.44. The summed E-state index contributed by atoms with van der Waals surface area (Å²) in [7, 11) is 0. The molecule has 19 heavy (non-hydrogen) atoms. The SMILES string of the molecule is CCCCC1N(CCCC)C=CN1c1ccccc1. The number of hydrogen-bond donors (Lipinski definition) is 0. The maximum absolute atomic E-state index is 2.51. The van der Waals surface area contributed by atoms with Crippen LogP contribution in [0.1, 0.15) is 46.0 Å². The van der Waals surface area contributed by atoms with Crippen LogP contribution in [-0.4, -0.2) is 17.6 Å². The fraction of sp³-hybridized carbons (Fsp3) is 0.529. The van der Waals surface area contributed by atoms with E-state index in [4.69, 9.17) is 0 Å². The predicted molar refractivity (Wildman–Crippen MR) is 83.0 cm³/mol. The molecule has 0 saturated heterocycles. The van der Waals surface area contributed by atoms with Crippen LogP contribution in [-0.2, 0) is 0 Å². The summed E-state index contributed by atoms with van der Waals surface area (Å²) in [5.41, 5.74) is 1.30. The smallest absolute Gasteiger partial charge is 0.105 e. The first-order chi connectivity index (χ1) is 9.36. The number of benzene rings is 1. The summed E-state index contributed by atoms with van der Waals surface area (Å²) < 4.78 is 0. The minimum Gasteiger partial charge on any atom is -0.356 e. The third kappa shape index (κ3) is 3.52. The maximum Gasteiger partial charge on any atom is 0.105 e. The van der Waals surface area contributed by atoms with Gasteiger partial charge in [0, 0.05) is 24.6 Å². The second kappa shape index (κ2) is 7.22. The largest absolute Gasteiger partial charge is 0.356 e. The van der Waals surface area contributed by atoms with Crippen LogP contribution in [0.5, 0.6) is 0 Å². The van der Waals surface area contributed by atoms with Gasteiger partial charge in [-0.05, 0) is 31.4 Å². The molecule has 0 radical (unpaired) electrons. The van der Waals surface area contributed by atoms with E-state index < -0.39 is 0 Å². The Bertz CT molecular complexity index is 386. The van der Waals surface area contributed by atoms with Crippen molar-refractivity contribution >= 4 is 5.69 Å². The topological polar surface area (TPSA) is 6.48 Å². The van der Waals surface area contributed by atoms with Gasteiger partial charge in [-0.2, -0.15) is 0 Å². The van der Waals surface area contributed by atoms with Gasteiger partial charge in [0.1, 0.15) is 6.17 Å². The molecule has 1 heterocycles. The average molecular weight is 258 g/mol. The van der Waals surface area contributed by atoms with E-state index in [2.05, 4.69) is 66.4 Å². The molecule has 0 fully saturated rings. The van der Waals surface area contributed by atoms with E-state index in [1.54, 1.807) is 0 Å². The number of nitrogens with zero attached hydrogens (tertiary/aromatic N) is 2. The molecule has 0 aliphatic carbocycles. The second-order valence-corrected chi connectivity index (χ2v) is 5.26. The molecule has 1 aliphatic rings. The number of rotatable bonds is 7. The Morgan fingerprint density at radius 2 is 1.68 bits per heavy atom. The van der Waals surface area contributed by atoms with Crippen LogP contribution in [0, 0.1) is 0 Å². The highest BCUT2D eigenvalue weighted by atomic mass is 15.4. The highest BCUT2D eigenvalue weighted by Crippen LogP contribution is 2.27. The number of para-hydroxylation sites is 1. The van der Waals surface area contributed by atoms with E-state index in [-0.39, 0.29) is 0 Å². The van der Waals surface area contributed by atoms with Crippen molar-refractivity contribution in [1.82, 2.24) is 4.90 Å². The minimum atomic E-state index is 0.508. The summed E-state index contributed by atoms with van der Waals surface area (Å²) in [4.78, 5) is 4.93. The van der Waals surface area contributed by atoms with Gasteiger partial charge in [-0.3, -0.25) is 0 Å². The normalized spacial score (nSPS) is 18.3. The van der Waals surface area contributed by atoms with Crippen LogP contribution in [0.25, 0.3) is 0 Å². The Kier molecular flexibility index (Phi) is 5.31. The highest BCUT2D eigenvalue weighted by Gasteiger charge is 2.25. The zero-order chi connectivity index (χ0) is 13.5. The van der Waals surface area contributed by atoms with Crippen LogP contribution in [0.2, 0.25) is 0 Å². The van der Waals surface area contributed by atoms with E-state index in [0.29, 0.717) is 6.17 Å². The molecule has 1 aliphatic heterocycles. The monoisotopic (exact) mass is 258 g/mol. The van der Waals surface area contributed by atoms with Crippen LogP contribution in [0.15, 0.2) is 42.7 Å². The molecule has 0 spiro atoms. The van der Waals surface area contributed by atoms with Gasteiger partial charge in [-0.25, -0.2) is 0 Å². The quantitative estimate of drug-likeness (QED) is 0.705. The molecule has 0 aromatic heterocycles. The third-order valence-electron chi connectivity index (χ3n) is 3.76. The fourth-order valence-electron chi connectivity index (χ4n) is 2.63. The van der Waals surface area contributed by atoms with Crippen LogP contribution in [0.4, 0.5) is 5.69 Å². The average Bonchev–Trinajstić information content (AvgIpc) is 2.86. The maximum atomic E-state index is 2.51. The Morgan fingerprint density at radius 1 is 0.947 bits per heavy atom. The van der Waals surface area contributed by atoms with Crippen molar-refractivity contribution in [1.29, 1.82) is 0 Å². The summed E-state index contributed by atoms with van der Waals surface area (Å²) in [5.74, 6) is 0. The first-order valence-corrected chi connectivity index (χ1v) is 7.64. The van der Waals surface area contributed by atoms with Gasteiger partial charge in [0.2, 0.25) is 0 Å². The standard InChI is InChI=1S/C17H26N2/c1-3-5-12-17-18(13-6-4-2)14-15-19(17)16-10-8-7-9-11-16/h7-11,14-15,17H,3-6,12-13H2,1-2H3. The van der Waals surface area contributed by atoms with Crippen molar-refractivity contribution in [2.24, 2.45) is 0 Å². The van der Waals surface area contributed by atoms with Crippen molar-refractivity contribution in [3.8, 4) is 0 Å². The van der Waals surface area contributed by atoms with E-state index >= 15 is 0 Å². The van der Waals surface area contributed by atoms with Crippen LogP contribution >= 0.6 is 0 Å². The summed E-state index contributed by atoms with van der Waals surface area (Å²) in [6.45, 7) is 5.70. The second-order valence-electron chi connectivity index (χ2n) is 5.26. The Labute approximate surface area is 117 Å². The number of anilines is 1. The summed E-state index contributed by atoms with van der Waals surface area (Å²) in [5, 5.41) is 0. The first-order valence-electron chi connectivity index (χ1n) is 7.64. The summed E-state index contributed by atoms with van der Waals surface area (Å²) in [6.07, 6.45) is 11.3. The third-order valence-corrected chi connectivity index (χ3v) is 3.76. The lowest BCUT2D eigenvalue weighted by atomic mass is 10.1. The fourth-order valence-corrected chi connectivity index (χ4v) is 2.63. The molecule has 0 saturated carbocycles. The van der Waals surface area contributed by atoms with Gasteiger partial charge in [-0.1, -0.05) is 44.9 Å². The van der Waals surface area contributed by atoms with Crippen molar-refractivity contribution in [2.45, 2.75) is 52.1 Å². The molecular formula is C17H26N2. The molecule has 0 amide bonds. The van der Waals surface area contributed by atoms with Gasteiger partial charge in [0.25, 0.3) is 0 Å². The van der Waals surface area contributed by atoms with Gasteiger partial charge in [0.15, 0.2) is 0 Å². The number of hydrogen-bond acceptors (Lipinski definition) is 2. The highest BCUT2D eigenvalue weighted by molar-refractivity contribution is 5.51. The van der Waals surface area contributed by atoms with E-state index in [1.807, 2.05) is 0 Å². The molecule has 1 aromatic carbocycles. The predicted octanol–water partition coefficient (Wildman–Crippen LogP) is 4.60. The molecule has 1 atom stereocenters. The lowest BCUT2D eigenvalue weighted by Crippen LogP contribution is -2.39. The Balaban J connectivity index is 2.07. The molecule has 0 N–H and O–H groups in total. The zero-order valence-corrected chi connectivity index (χ0v) is 12.3. The van der Waals surface area contributed by atoms with Gasteiger partial charge in [-0.15, -0.1) is 0 Å². The zero-order valence-electron chi connectivity index (χ0n) is 12.3. The Morgan fingerprint density at radius 3 is 2.37 bits per heavy atom. The molecule has 1 aromatic rings. The molecule has 0 bridgehead atoms.